The van der Waals surface area contributed by atoms with Gasteiger partial charge in [-0.1, -0.05) is 0 Å². The van der Waals surface area contributed by atoms with Crippen LogP contribution in [0.4, 0.5) is 0 Å². The van der Waals surface area contributed by atoms with Crippen molar-refractivity contribution in [3.8, 4) is 0 Å². The maximum absolute atomic E-state index is 11.5. The summed E-state index contributed by atoms with van der Waals surface area (Å²) in [6.45, 7) is -0.0919. The van der Waals surface area contributed by atoms with Crippen molar-refractivity contribution < 1.29 is 29.4 Å². The summed E-state index contributed by atoms with van der Waals surface area (Å²) in [5.74, 6) is -4.28. The molecule has 0 fully saturated rings. The number of carboxylic acid groups (broad SMARTS) is 2. The molecule has 0 saturated carbocycles. The second kappa shape index (κ2) is 9.15. The minimum atomic E-state index is -1.62. The molecule has 0 heterocycles. The van der Waals surface area contributed by atoms with Crippen LogP contribution in [0.25, 0.3) is 0 Å². The van der Waals surface area contributed by atoms with Crippen LogP contribution in [0.2, 0.25) is 0 Å². The first-order chi connectivity index (χ1) is 9.27. The third-order valence-electron chi connectivity index (χ3n) is 2.29. The molecule has 2 unspecified atom stereocenters. The van der Waals surface area contributed by atoms with Crippen molar-refractivity contribution >= 4 is 36.4 Å². The molecule has 2 amide bonds. The molecule has 0 aliphatic carbocycles. The van der Waals surface area contributed by atoms with Crippen LogP contribution in [0.15, 0.2) is 0 Å². The fourth-order valence-electron chi connectivity index (χ4n) is 1.16. The Morgan fingerprint density at radius 2 is 1.80 bits per heavy atom. The normalized spacial score (nSPS) is 13.1. The monoisotopic (exact) mass is 307 g/mol. The molecular weight excluding hydrogens is 290 g/mol. The molecule has 0 radical (unpaired) electrons. The van der Waals surface area contributed by atoms with Gasteiger partial charge < -0.3 is 26.6 Å². The van der Waals surface area contributed by atoms with Crippen molar-refractivity contribution in [2.45, 2.75) is 24.9 Å². The highest BCUT2D eigenvalue weighted by Crippen LogP contribution is 1.96. The average molecular weight is 307 g/mol. The summed E-state index contributed by atoms with van der Waals surface area (Å²) in [5.41, 5.74) is 5.24. The lowest BCUT2D eigenvalue weighted by Gasteiger charge is -2.17. The third kappa shape index (κ3) is 7.59. The van der Waals surface area contributed by atoms with E-state index in [1.54, 1.807) is 0 Å². The summed E-state index contributed by atoms with van der Waals surface area (Å²) >= 11 is 3.95. The molecule has 0 rings (SSSR count). The highest BCUT2D eigenvalue weighted by atomic mass is 32.1. The van der Waals surface area contributed by atoms with E-state index < -0.39 is 35.8 Å². The highest BCUT2D eigenvalue weighted by Gasteiger charge is 2.17. The molecule has 114 valence electrons. The maximum atomic E-state index is 11.5. The number of carbonyl (C=O) groups is 4. The summed E-state index contributed by atoms with van der Waals surface area (Å²) in [6.07, 6.45) is -0.118. The summed E-state index contributed by atoms with van der Waals surface area (Å²) in [7, 11) is 0. The second-order valence-corrected chi connectivity index (χ2v) is 4.31. The number of nitrogens with two attached hydrogens (primary N) is 1. The Hall–Kier alpha value is -1.81. The third-order valence-corrected chi connectivity index (χ3v) is 2.73. The number of amides is 2. The molecule has 6 N–H and O–H groups in total. The molecule has 10 heteroatoms. The van der Waals surface area contributed by atoms with Gasteiger partial charge in [-0.05, 0) is 6.42 Å². The number of hydrogen-bond acceptors (Lipinski definition) is 6. The van der Waals surface area contributed by atoms with Crippen molar-refractivity contribution in [2.75, 3.05) is 12.3 Å². The quantitative estimate of drug-likeness (QED) is 0.219. The summed E-state index contributed by atoms with van der Waals surface area (Å²) in [4.78, 5) is 43.0. The number of carboxylic acids is 2. The van der Waals surface area contributed by atoms with Crippen LogP contribution in [-0.2, 0) is 19.2 Å². The van der Waals surface area contributed by atoms with Gasteiger partial charge in [0.05, 0.1) is 6.04 Å². The SMILES string of the molecule is NC(CCC(=O)NC(CS)CNC(=O)C(=O)O)C(=O)O. The number of hydrogen-bond donors (Lipinski definition) is 6. The first-order valence-corrected chi connectivity index (χ1v) is 6.30. The highest BCUT2D eigenvalue weighted by molar-refractivity contribution is 7.80. The molecule has 0 bridgehead atoms. The number of nitrogens with one attached hydrogen (secondary N) is 2. The van der Waals surface area contributed by atoms with Crippen LogP contribution in [-0.4, -0.2) is 58.3 Å². The zero-order valence-electron chi connectivity index (χ0n) is 10.5. The van der Waals surface area contributed by atoms with Gasteiger partial charge in [-0.25, -0.2) is 4.79 Å². The zero-order chi connectivity index (χ0) is 15.7. The Labute approximate surface area is 120 Å². The molecule has 2 atom stereocenters. The number of thiol groups is 1. The van der Waals surface area contributed by atoms with E-state index in [0.29, 0.717) is 0 Å². The van der Waals surface area contributed by atoms with E-state index in [-0.39, 0.29) is 25.1 Å². The molecule has 0 spiro atoms. The molecule has 0 aromatic carbocycles. The standard InChI is InChI=1S/C10H17N3O6S/c11-6(9(16)17)1-2-7(14)13-5(4-20)3-12-8(15)10(18)19/h5-6,20H,1-4,11H2,(H,12,15)(H,13,14)(H,16,17)(H,18,19). The van der Waals surface area contributed by atoms with Crippen molar-refractivity contribution in [3.63, 3.8) is 0 Å². The molecule has 0 aromatic rings. The lowest BCUT2D eigenvalue weighted by atomic mass is 10.1. The van der Waals surface area contributed by atoms with Gasteiger partial charge in [0, 0.05) is 18.7 Å². The predicted molar refractivity (Wildman–Crippen MR) is 71.3 cm³/mol. The molecular formula is C10H17N3O6S. The van der Waals surface area contributed by atoms with E-state index in [4.69, 9.17) is 15.9 Å². The Bertz CT molecular complexity index is 389. The van der Waals surface area contributed by atoms with Crippen LogP contribution >= 0.6 is 12.6 Å². The van der Waals surface area contributed by atoms with Gasteiger partial charge in [0.2, 0.25) is 5.91 Å². The van der Waals surface area contributed by atoms with Gasteiger partial charge in [-0.15, -0.1) is 0 Å². The van der Waals surface area contributed by atoms with Gasteiger partial charge in [-0.3, -0.25) is 14.4 Å². The molecule has 0 saturated heterocycles. The van der Waals surface area contributed by atoms with Gasteiger partial charge >= 0.3 is 17.8 Å². The molecule has 0 aliphatic heterocycles. The van der Waals surface area contributed by atoms with Crippen LogP contribution in [0, 0.1) is 0 Å². The van der Waals surface area contributed by atoms with Crippen molar-refractivity contribution in [1.29, 1.82) is 0 Å². The van der Waals surface area contributed by atoms with E-state index in [1.165, 1.54) is 0 Å². The minimum Gasteiger partial charge on any atom is -0.480 e. The average Bonchev–Trinajstić information content (AvgIpc) is 2.39. The van der Waals surface area contributed by atoms with E-state index >= 15 is 0 Å². The maximum Gasteiger partial charge on any atom is 0.394 e. The lowest BCUT2D eigenvalue weighted by Crippen LogP contribution is -2.46. The van der Waals surface area contributed by atoms with Gasteiger partial charge in [0.1, 0.15) is 6.04 Å². The van der Waals surface area contributed by atoms with Crippen molar-refractivity contribution in [2.24, 2.45) is 5.73 Å². The molecule has 0 aromatic heterocycles. The van der Waals surface area contributed by atoms with E-state index in [0.717, 1.165) is 0 Å². The van der Waals surface area contributed by atoms with Crippen LogP contribution in [0.1, 0.15) is 12.8 Å². The van der Waals surface area contributed by atoms with Gasteiger partial charge in [0.15, 0.2) is 0 Å². The smallest absolute Gasteiger partial charge is 0.394 e. The fourth-order valence-corrected chi connectivity index (χ4v) is 1.38. The van der Waals surface area contributed by atoms with Crippen molar-refractivity contribution in [1.82, 2.24) is 10.6 Å². The zero-order valence-corrected chi connectivity index (χ0v) is 11.4. The fraction of sp³-hybridized carbons (Fsp3) is 0.600. The van der Waals surface area contributed by atoms with E-state index in [9.17, 15) is 19.2 Å². The number of rotatable bonds is 8. The first kappa shape index (κ1) is 18.2. The Balaban J connectivity index is 4.09. The topological polar surface area (TPSA) is 159 Å². The van der Waals surface area contributed by atoms with Crippen LogP contribution in [0.3, 0.4) is 0 Å². The van der Waals surface area contributed by atoms with E-state index in [1.807, 2.05) is 0 Å². The predicted octanol–water partition coefficient (Wildman–Crippen LogP) is -2.21. The first-order valence-electron chi connectivity index (χ1n) is 5.67. The Kier molecular flexibility index (Phi) is 8.32. The summed E-state index contributed by atoms with van der Waals surface area (Å²) < 4.78 is 0. The number of carbonyl (C=O) groups excluding carboxylic acids is 2. The Morgan fingerprint density at radius 1 is 1.20 bits per heavy atom. The summed E-state index contributed by atoms with van der Waals surface area (Å²) in [6, 6.07) is -1.68. The molecule has 9 nitrogen and oxygen atoms in total. The van der Waals surface area contributed by atoms with Crippen LogP contribution in [0.5, 0.6) is 0 Å². The lowest BCUT2D eigenvalue weighted by molar-refractivity contribution is -0.150. The van der Waals surface area contributed by atoms with E-state index in [2.05, 4.69) is 23.3 Å². The minimum absolute atomic E-state index is 0.0259. The Morgan fingerprint density at radius 3 is 2.25 bits per heavy atom. The molecule has 0 aliphatic rings. The van der Waals surface area contributed by atoms with Gasteiger partial charge in [-0.2, -0.15) is 12.6 Å². The molecule has 20 heavy (non-hydrogen) atoms. The number of aliphatic carboxylic acids is 2. The summed E-state index contributed by atoms with van der Waals surface area (Å²) in [5, 5.41) is 21.5. The second-order valence-electron chi connectivity index (χ2n) is 3.95. The van der Waals surface area contributed by atoms with Gasteiger partial charge in [0.25, 0.3) is 0 Å². The largest absolute Gasteiger partial charge is 0.480 e. The van der Waals surface area contributed by atoms with Crippen molar-refractivity contribution in [3.05, 3.63) is 0 Å². The van der Waals surface area contributed by atoms with Crippen LogP contribution < -0.4 is 16.4 Å².